The van der Waals surface area contributed by atoms with E-state index in [9.17, 15) is 9.18 Å². The zero-order valence-corrected chi connectivity index (χ0v) is 17.9. The van der Waals surface area contributed by atoms with E-state index in [1.165, 1.54) is 37.4 Å². The number of hydrogen-bond donors (Lipinski definition) is 0. The van der Waals surface area contributed by atoms with E-state index in [1.807, 2.05) is 20.8 Å². The van der Waals surface area contributed by atoms with Crippen LogP contribution in [0.2, 0.25) is 0 Å². The summed E-state index contributed by atoms with van der Waals surface area (Å²) in [5, 5.41) is 7.97. The van der Waals surface area contributed by atoms with Crippen LogP contribution in [0.3, 0.4) is 0 Å². The van der Waals surface area contributed by atoms with E-state index in [4.69, 9.17) is 4.74 Å². The van der Waals surface area contributed by atoms with E-state index in [0.29, 0.717) is 17.8 Å². The fraction of sp³-hybridized carbons (Fsp3) is 0.545. The monoisotopic (exact) mass is 413 g/mol. The standard InChI is InChI=1S/C22H28FN5O2/c1-5-28(14(2)3)21(29)17-8-16(23)6-7-18(17)30-20-19(24-13-25-26-20)27-11-22(12-27)9-15(4)10-22/h6-8,13-15H,5,9-12H2,1-4H3. The lowest BCUT2D eigenvalue weighted by Gasteiger charge is -2.58. The molecule has 1 aromatic carbocycles. The highest BCUT2D eigenvalue weighted by atomic mass is 19.1. The van der Waals surface area contributed by atoms with Crippen LogP contribution in [0.15, 0.2) is 24.5 Å². The first-order valence-electron chi connectivity index (χ1n) is 10.5. The van der Waals surface area contributed by atoms with Crippen molar-refractivity contribution in [3.05, 3.63) is 35.9 Å². The summed E-state index contributed by atoms with van der Waals surface area (Å²) in [5.41, 5.74) is 0.549. The minimum absolute atomic E-state index is 0.0190. The largest absolute Gasteiger partial charge is 0.434 e. The maximum atomic E-state index is 14.0. The Bertz CT molecular complexity index is 937. The molecule has 30 heavy (non-hydrogen) atoms. The zero-order valence-electron chi connectivity index (χ0n) is 17.9. The predicted octanol–water partition coefficient (Wildman–Crippen LogP) is 3.91. The fourth-order valence-electron chi connectivity index (χ4n) is 4.89. The minimum Gasteiger partial charge on any atom is -0.434 e. The van der Waals surface area contributed by atoms with Crippen LogP contribution < -0.4 is 9.64 Å². The SMILES string of the molecule is CCN(C(=O)c1cc(F)ccc1Oc1nncnc1N1CC2(CC(C)C2)C1)C(C)C. The van der Waals surface area contributed by atoms with E-state index >= 15 is 0 Å². The third kappa shape index (κ3) is 3.70. The Labute approximate surface area is 176 Å². The van der Waals surface area contributed by atoms with Gasteiger partial charge in [0.25, 0.3) is 11.8 Å². The molecule has 0 radical (unpaired) electrons. The van der Waals surface area contributed by atoms with E-state index in [-0.39, 0.29) is 29.1 Å². The maximum absolute atomic E-state index is 14.0. The van der Waals surface area contributed by atoms with Crippen molar-refractivity contribution in [3.63, 3.8) is 0 Å². The van der Waals surface area contributed by atoms with Gasteiger partial charge in [0, 0.05) is 31.1 Å². The lowest BCUT2D eigenvalue weighted by Crippen LogP contribution is -2.62. The van der Waals surface area contributed by atoms with Crippen molar-refractivity contribution in [2.75, 3.05) is 24.5 Å². The van der Waals surface area contributed by atoms with Crippen LogP contribution >= 0.6 is 0 Å². The second kappa shape index (κ2) is 7.81. The van der Waals surface area contributed by atoms with Crippen LogP contribution in [0.4, 0.5) is 10.2 Å². The van der Waals surface area contributed by atoms with Crippen LogP contribution in [0, 0.1) is 17.2 Å². The summed E-state index contributed by atoms with van der Waals surface area (Å²) in [6.07, 6.45) is 3.86. The first-order chi connectivity index (χ1) is 14.3. The number of aromatic nitrogens is 3. The normalized spacial score (nSPS) is 17.6. The molecular formula is C22H28FN5O2. The van der Waals surface area contributed by atoms with Crippen molar-refractivity contribution in [1.82, 2.24) is 20.1 Å². The van der Waals surface area contributed by atoms with Gasteiger partial charge in [-0.3, -0.25) is 4.79 Å². The van der Waals surface area contributed by atoms with Gasteiger partial charge in [0.05, 0.1) is 5.56 Å². The number of carbonyl (C=O) groups excluding carboxylic acids is 1. The van der Waals surface area contributed by atoms with Crippen molar-refractivity contribution in [1.29, 1.82) is 0 Å². The molecule has 1 aliphatic carbocycles. The molecule has 2 aromatic rings. The molecule has 1 saturated heterocycles. The first-order valence-corrected chi connectivity index (χ1v) is 10.5. The Kier molecular flexibility index (Phi) is 5.34. The summed E-state index contributed by atoms with van der Waals surface area (Å²) in [4.78, 5) is 21.2. The van der Waals surface area contributed by atoms with Crippen molar-refractivity contribution in [3.8, 4) is 11.6 Å². The van der Waals surface area contributed by atoms with Gasteiger partial charge in [-0.05, 0) is 57.7 Å². The summed E-state index contributed by atoms with van der Waals surface area (Å²) in [7, 11) is 0. The topological polar surface area (TPSA) is 71.5 Å². The summed E-state index contributed by atoms with van der Waals surface area (Å²) in [6, 6.07) is 3.92. The van der Waals surface area contributed by atoms with E-state index in [0.717, 1.165) is 19.0 Å². The highest BCUT2D eigenvalue weighted by Crippen LogP contribution is 2.53. The number of halogens is 1. The van der Waals surface area contributed by atoms with Gasteiger partial charge >= 0.3 is 0 Å². The maximum Gasteiger partial charge on any atom is 0.282 e. The summed E-state index contributed by atoms with van der Waals surface area (Å²) >= 11 is 0. The van der Waals surface area contributed by atoms with Gasteiger partial charge < -0.3 is 14.5 Å². The number of ether oxygens (including phenoxy) is 1. The Balaban J connectivity index is 1.59. The fourth-order valence-corrected chi connectivity index (χ4v) is 4.89. The van der Waals surface area contributed by atoms with Gasteiger partial charge in [0.2, 0.25) is 0 Å². The summed E-state index contributed by atoms with van der Waals surface area (Å²) < 4.78 is 20.0. The molecule has 2 aliphatic rings. The quantitative estimate of drug-likeness (QED) is 0.715. The van der Waals surface area contributed by atoms with E-state index < -0.39 is 5.82 Å². The van der Waals surface area contributed by atoms with Crippen LogP contribution in [0.25, 0.3) is 0 Å². The predicted molar refractivity (Wildman–Crippen MR) is 111 cm³/mol. The molecule has 0 unspecified atom stereocenters. The zero-order chi connectivity index (χ0) is 21.5. The number of rotatable bonds is 6. The smallest absolute Gasteiger partial charge is 0.282 e. The highest BCUT2D eigenvalue weighted by Gasteiger charge is 2.51. The number of carbonyl (C=O) groups is 1. The van der Waals surface area contributed by atoms with Gasteiger partial charge in [-0.15, -0.1) is 10.2 Å². The minimum atomic E-state index is -0.494. The second-order valence-corrected chi connectivity index (χ2v) is 8.89. The van der Waals surface area contributed by atoms with E-state index in [1.54, 1.807) is 4.90 Å². The van der Waals surface area contributed by atoms with Gasteiger partial charge in [-0.25, -0.2) is 9.37 Å². The molecule has 8 heteroatoms. The highest BCUT2D eigenvalue weighted by molar-refractivity contribution is 5.97. The summed E-state index contributed by atoms with van der Waals surface area (Å²) in [5.74, 6) is 1.08. The molecule has 1 saturated carbocycles. The molecule has 160 valence electrons. The number of hydrogen-bond acceptors (Lipinski definition) is 6. The molecule has 2 fully saturated rings. The Morgan fingerprint density at radius 3 is 2.73 bits per heavy atom. The summed E-state index contributed by atoms with van der Waals surface area (Å²) in [6.45, 7) is 10.4. The molecule has 0 atom stereocenters. The molecule has 1 spiro atoms. The Morgan fingerprint density at radius 1 is 1.37 bits per heavy atom. The molecule has 1 aliphatic heterocycles. The number of nitrogens with zero attached hydrogens (tertiary/aromatic N) is 5. The Morgan fingerprint density at radius 2 is 2.10 bits per heavy atom. The van der Waals surface area contributed by atoms with Gasteiger partial charge in [0.15, 0.2) is 5.82 Å². The molecule has 1 aromatic heterocycles. The second-order valence-electron chi connectivity index (χ2n) is 8.89. The molecular weight excluding hydrogens is 385 g/mol. The lowest BCUT2D eigenvalue weighted by molar-refractivity contribution is 0.0328. The van der Waals surface area contributed by atoms with Crippen molar-refractivity contribution in [2.45, 2.75) is 46.6 Å². The van der Waals surface area contributed by atoms with E-state index in [2.05, 4.69) is 27.0 Å². The van der Waals surface area contributed by atoms with Crippen LogP contribution in [-0.2, 0) is 0 Å². The Hall–Kier alpha value is -2.77. The molecule has 0 N–H and O–H groups in total. The van der Waals surface area contributed by atoms with Crippen LogP contribution in [-0.4, -0.2) is 51.7 Å². The molecule has 4 rings (SSSR count). The van der Waals surface area contributed by atoms with Crippen LogP contribution in [0.5, 0.6) is 11.6 Å². The van der Waals surface area contributed by atoms with Gasteiger partial charge in [-0.1, -0.05) is 6.92 Å². The molecule has 0 bridgehead atoms. The van der Waals surface area contributed by atoms with Crippen LogP contribution in [0.1, 0.15) is 50.9 Å². The van der Waals surface area contributed by atoms with Crippen molar-refractivity contribution in [2.24, 2.45) is 11.3 Å². The lowest BCUT2D eigenvalue weighted by atomic mass is 9.58. The number of amides is 1. The first kappa shape index (κ1) is 20.5. The van der Waals surface area contributed by atoms with Crippen molar-refractivity contribution >= 4 is 11.7 Å². The molecule has 1 amide bonds. The third-order valence-corrected chi connectivity index (χ3v) is 6.09. The number of benzene rings is 1. The van der Waals surface area contributed by atoms with Crippen molar-refractivity contribution < 1.29 is 13.9 Å². The average molecular weight is 413 g/mol. The molecule has 2 heterocycles. The van der Waals surface area contributed by atoms with Gasteiger partial charge in [0.1, 0.15) is 17.9 Å². The average Bonchev–Trinajstić information content (AvgIpc) is 2.65. The third-order valence-electron chi connectivity index (χ3n) is 6.09. The van der Waals surface area contributed by atoms with Gasteiger partial charge in [-0.2, -0.15) is 0 Å². The number of anilines is 1. The molecule has 7 nitrogen and oxygen atoms in total.